The summed E-state index contributed by atoms with van der Waals surface area (Å²) in [7, 11) is 2.00. The van der Waals surface area contributed by atoms with E-state index < -0.39 is 17.3 Å². The smallest absolute Gasteiger partial charge is 0.338 e. The van der Waals surface area contributed by atoms with Gasteiger partial charge in [0.05, 0.1) is 37.8 Å². The van der Waals surface area contributed by atoms with Gasteiger partial charge >= 0.3 is 5.97 Å². The number of Topliss-reactive ketones (excluding diaryl/α,β-unsaturated/α-hetero) is 1. The van der Waals surface area contributed by atoms with Crippen molar-refractivity contribution in [3.8, 4) is 0 Å². The van der Waals surface area contributed by atoms with Gasteiger partial charge in [-0.1, -0.05) is 46.4 Å². The molecule has 0 aliphatic carbocycles. The minimum atomic E-state index is -1.38. The number of halogens is 4. The fourth-order valence-electron chi connectivity index (χ4n) is 2.38. The highest BCUT2D eigenvalue weighted by atomic mass is 35.5. The van der Waals surface area contributed by atoms with Gasteiger partial charge in [-0.2, -0.15) is 0 Å². The Morgan fingerprint density at radius 3 is 1.87 bits per heavy atom. The van der Waals surface area contributed by atoms with E-state index in [0.29, 0.717) is 13.1 Å². The number of carbonyl (C=O) groups is 2. The number of rotatable bonds is 4. The quantitative estimate of drug-likeness (QED) is 0.477. The van der Waals surface area contributed by atoms with Crippen LogP contribution in [0.2, 0.25) is 20.1 Å². The molecule has 1 N–H and O–H groups in total. The molecule has 1 aliphatic rings. The Morgan fingerprint density at radius 1 is 0.913 bits per heavy atom. The number of hydrogen-bond donors (Lipinski definition) is 1. The zero-order chi connectivity index (χ0) is 17.3. The van der Waals surface area contributed by atoms with E-state index in [-0.39, 0.29) is 32.2 Å². The maximum absolute atomic E-state index is 12.6. The summed E-state index contributed by atoms with van der Waals surface area (Å²) in [4.78, 5) is 28.2. The van der Waals surface area contributed by atoms with E-state index in [2.05, 4.69) is 4.90 Å². The third-order valence-electron chi connectivity index (χ3n) is 3.72. The lowest BCUT2D eigenvalue weighted by atomic mass is 10.0. The molecule has 23 heavy (non-hydrogen) atoms. The molecule has 0 aromatic heterocycles. The predicted molar refractivity (Wildman–Crippen MR) is 91.7 cm³/mol. The average Bonchev–Trinajstić information content (AvgIpc) is 2.50. The van der Waals surface area contributed by atoms with Crippen LogP contribution < -0.4 is 0 Å². The number of nitrogens with zero attached hydrogens (tertiary/aromatic N) is 2. The number of carboxylic acid groups (broad SMARTS) is 1. The summed E-state index contributed by atoms with van der Waals surface area (Å²) in [6.07, 6.45) is 0. The lowest BCUT2D eigenvalue weighted by Crippen LogP contribution is -2.46. The summed E-state index contributed by atoms with van der Waals surface area (Å²) in [6.45, 7) is 3.11. The Bertz CT molecular complexity index is 658. The standard InChI is InChI=1S/C14H14Cl4N2O3/c1-19-2-4-20(5-3-19)6-7(21)8-9(14(22)23)11(16)13(18)12(17)10(8)15/h2-6H2,1H3,(H,22,23). The monoisotopic (exact) mass is 398 g/mol. The van der Waals surface area contributed by atoms with E-state index >= 15 is 0 Å². The fraction of sp³-hybridized carbons (Fsp3) is 0.429. The number of likely N-dealkylation sites (N-methyl/N-ethyl adjacent to an activating group) is 1. The van der Waals surface area contributed by atoms with E-state index in [0.717, 1.165) is 13.1 Å². The fourth-order valence-corrected chi connectivity index (χ4v) is 3.42. The molecule has 0 unspecified atom stereocenters. The van der Waals surface area contributed by atoms with Gasteiger partial charge in [-0.05, 0) is 7.05 Å². The molecule has 0 atom stereocenters. The molecular formula is C14H14Cl4N2O3. The summed E-state index contributed by atoms with van der Waals surface area (Å²) in [5.74, 6) is -1.82. The first-order chi connectivity index (χ1) is 10.7. The predicted octanol–water partition coefficient (Wildman–Crippen LogP) is 3.43. The van der Waals surface area contributed by atoms with Crippen molar-refractivity contribution in [2.45, 2.75) is 0 Å². The highest BCUT2D eigenvalue weighted by molar-refractivity contribution is 6.54. The highest BCUT2D eigenvalue weighted by Gasteiger charge is 2.29. The molecule has 0 saturated carbocycles. The molecule has 0 bridgehead atoms. The molecule has 0 radical (unpaired) electrons. The summed E-state index contributed by atoms with van der Waals surface area (Å²) in [5, 5.41) is 8.60. The van der Waals surface area contributed by atoms with Gasteiger partial charge in [0.2, 0.25) is 0 Å². The molecule has 2 rings (SSSR count). The van der Waals surface area contributed by atoms with Gasteiger partial charge in [0.15, 0.2) is 5.78 Å². The summed E-state index contributed by atoms with van der Waals surface area (Å²) in [5.41, 5.74) is -0.609. The molecule has 1 heterocycles. The third-order valence-corrected chi connectivity index (χ3v) is 5.52. The van der Waals surface area contributed by atoms with Crippen molar-refractivity contribution in [2.75, 3.05) is 39.8 Å². The van der Waals surface area contributed by atoms with Crippen molar-refractivity contribution < 1.29 is 14.7 Å². The van der Waals surface area contributed by atoms with Crippen molar-refractivity contribution in [2.24, 2.45) is 0 Å². The number of piperazine rings is 1. The zero-order valence-electron chi connectivity index (χ0n) is 12.2. The Hall–Kier alpha value is -0.560. The van der Waals surface area contributed by atoms with Gasteiger partial charge in [-0.15, -0.1) is 0 Å². The molecule has 1 saturated heterocycles. The first-order valence-electron chi connectivity index (χ1n) is 6.77. The number of benzene rings is 1. The van der Waals surface area contributed by atoms with Crippen LogP contribution in [0.3, 0.4) is 0 Å². The van der Waals surface area contributed by atoms with Crippen LogP contribution in [0.25, 0.3) is 0 Å². The zero-order valence-corrected chi connectivity index (χ0v) is 15.2. The van der Waals surface area contributed by atoms with Crippen LogP contribution >= 0.6 is 46.4 Å². The molecule has 1 aromatic carbocycles. The van der Waals surface area contributed by atoms with Crippen LogP contribution in [0.15, 0.2) is 0 Å². The van der Waals surface area contributed by atoms with E-state index in [4.69, 9.17) is 46.4 Å². The Balaban J connectivity index is 2.38. The van der Waals surface area contributed by atoms with Crippen molar-refractivity contribution in [3.63, 3.8) is 0 Å². The van der Waals surface area contributed by atoms with Gasteiger partial charge in [0.1, 0.15) is 0 Å². The maximum Gasteiger partial charge on any atom is 0.338 e. The minimum absolute atomic E-state index is 0.0438. The second-order valence-electron chi connectivity index (χ2n) is 5.31. The molecule has 9 heteroatoms. The molecule has 1 aromatic rings. The highest BCUT2D eigenvalue weighted by Crippen LogP contribution is 2.41. The number of hydrogen-bond acceptors (Lipinski definition) is 4. The second-order valence-corrected chi connectivity index (χ2v) is 6.83. The molecule has 5 nitrogen and oxygen atoms in total. The van der Waals surface area contributed by atoms with E-state index in [1.54, 1.807) is 0 Å². The lowest BCUT2D eigenvalue weighted by molar-refractivity contribution is 0.0689. The van der Waals surface area contributed by atoms with Crippen molar-refractivity contribution in [1.82, 2.24) is 9.80 Å². The summed E-state index contributed by atoms with van der Waals surface area (Å²) < 4.78 is 0. The maximum atomic E-state index is 12.6. The molecule has 0 amide bonds. The number of carbonyl (C=O) groups excluding carboxylic acids is 1. The van der Waals surface area contributed by atoms with E-state index in [1.807, 2.05) is 11.9 Å². The van der Waals surface area contributed by atoms with Crippen LogP contribution in [0.4, 0.5) is 0 Å². The van der Waals surface area contributed by atoms with Gasteiger partial charge in [0.25, 0.3) is 0 Å². The van der Waals surface area contributed by atoms with Crippen molar-refractivity contribution in [3.05, 3.63) is 31.2 Å². The van der Waals surface area contributed by atoms with Crippen LogP contribution in [0, 0.1) is 0 Å². The first kappa shape index (κ1) is 18.8. The van der Waals surface area contributed by atoms with Crippen molar-refractivity contribution >= 4 is 58.2 Å². The van der Waals surface area contributed by atoms with Gasteiger partial charge < -0.3 is 10.0 Å². The largest absolute Gasteiger partial charge is 0.478 e. The van der Waals surface area contributed by atoms with Crippen molar-refractivity contribution in [1.29, 1.82) is 0 Å². The van der Waals surface area contributed by atoms with Crippen LogP contribution in [-0.2, 0) is 0 Å². The van der Waals surface area contributed by atoms with E-state index in [9.17, 15) is 14.7 Å². The molecule has 0 spiro atoms. The van der Waals surface area contributed by atoms with Crippen LogP contribution in [-0.4, -0.2) is 66.4 Å². The SMILES string of the molecule is CN1CCN(CC(=O)c2c(Cl)c(Cl)c(Cl)c(Cl)c2C(=O)O)CC1. The molecule has 1 aliphatic heterocycles. The number of ketones is 1. The molecule has 126 valence electrons. The molecule has 1 fully saturated rings. The van der Waals surface area contributed by atoms with Gasteiger partial charge in [-0.25, -0.2) is 4.79 Å². The normalized spacial score (nSPS) is 16.6. The Morgan fingerprint density at radius 2 is 1.39 bits per heavy atom. The molecular weight excluding hydrogens is 386 g/mol. The Kier molecular flexibility index (Phi) is 6.16. The van der Waals surface area contributed by atoms with E-state index in [1.165, 1.54) is 0 Å². The van der Waals surface area contributed by atoms with Gasteiger partial charge in [-0.3, -0.25) is 9.69 Å². The minimum Gasteiger partial charge on any atom is -0.478 e. The number of carboxylic acids is 1. The lowest BCUT2D eigenvalue weighted by Gasteiger charge is -2.32. The summed E-state index contributed by atoms with van der Waals surface area (Å²) in [6, 6.07) is 0. The van der Waals surface area contributed by atoms with Crippen LogP contribution in [0.1, 0.15) is 20.7 Å². The topological polar surface area (TPSA) is 60.9 Å². The third kappa shape index (κ3) is 3.92. The Labute approximate surface area is 153 Å². The summed E-state index contributed by atoms with van der Waals surface area (Å²) >= 11 is 23.9. The average molecular weight is 400 g/mol. The first-order valence-corrected chi connectivity index (χ1v) is 8.28. The number of aromatic carboxylic acids is 1. The van der Waals surface area contributed by atoms with Crippen LogP contribution in [0.5, 0.6) is 0 Å². The second kappa shape index (κ2) is 7.55. The van der Waals surface area contributed by atoms with Gasteiger partial charge in [0, 0.05) is 26.2 Å².